The second kappa shape index (κ2) is 4.70. The molecule has 0 saturated carbocycles. The molecule has 19 heavy (non-hydrogen) atoms. The Hall–Kier alpha value is -1.82. The molecular weight excluding hydrogens is 255 g/mol. The van der Waals surface area contributed by atoms with Crippen molar-refractivity contribution in [2.45, 2.75) is 19.1 Å². The molecule has 0 aliphatic carbocycles. The van der Waals surface area contributed by atoms with Gasteiger partial charge in [0, 0.05) is 24.2 Å². The molecule has 1 aromatic carbocycles. The molecule has 2 aromatic rings. The van der Waals surface area contributed by atoms with E-state index in [0.29, 0.717) is 11.3 Å². The number of alkyl halides is 3. The molecular formula is C13H14F3N3. The third kappa shape index (κ3) is 2.63. The SMILES string of the molecule is CC(N)c1cnn(C)c1-c1cccc(C(F)(F)F)c1. The van der Waals surface area contributed by atoms with E-state index in [1.54, 1.807) is 26.2 Å². The second-order valence-corrected chi connectivity index (χ2v) is 4.44. The van der Waals surface area contributed by atoms with Crippen LogP contribution in [0.1, 0.15) is 24.1 Å². The Kier molecular flexibility index (Phi) is 3.36. The van der Waals surface area contributed by atoms with Crippen molar-refractivity contribution in [1.29, 1.82) is 0 Å². The monoisotopic (exact) mass is 269 g/mol. The standard InChI is InChI=1S/C13H14F3N3/c1-8(17)11-7-18-19(2)12(11)9-4-3-5-10(6-9)13(14,15)16/h3-8H,17H2,1-2H3. The molecule has 1 aromatic heterocycles. The van der Waals surface area contributed by atoms with Crippen LogP contribution in [-0.2, 0) is 13.2 Å². The van der Waals surface area contributed by atoms with Gasteiger partial charge in [0.15, 0.2) is 0 Å². The lowest BCUT2D eigenvalue weighted by Crippen LogP contribution is -2.08. The lowest BCUT2D eigenvalue weighted by molar-refractivity contribution is -0.137. The van der Waals surface area contributed by atoms with Crippen LogP contribution in [0.4, 0.5) is 13.2 Å². The number of nitrogens with two attached hydrogens (primary N) is 1. The van der Waals surface area contributed by atoms with Crippen LogP contribution < -0.4 is 5.73 Å². The maximum absolute atomic E-state index is 12.7. The number of nitrogens with zero attached hydrogens (tertiary/aromatic N) is 2. The lowest BCUT2D eigenvalue weighted by atomic mass is 10.0. The first-order chi connectivity index (χ1) is 8.80. The van der Waals surface area contributed by atoms with Crippen LogP contribution in [0, 0.1) is 0 Å². The molecule has 0 bridgehead atoms. The van der Waals surface area contributed by atoms with Crippen molar-refractivity contribution in [3.05, 3.63) is 41.6 Å². The fourth-order valence-electron chi connectivity index (χ4n) is 1.98. The maximum atomic E-state index is 12.7. The van der Waals surface area contributed by atoms with Gasteiger partial charge in [0.1, 0.15) is 0 Å². The Morgan fingerprint density at radius 2 is 2.00 bits per heavy atom. The Labute approximate surface area is 108 Å². The molecule has 0 saturated heterocycles. The summed E-state index contributed by atoms with van der Waals surface area (Å²) in [4.78, 5) is 0. The first kappa shape index (κ1) is 13.6. The van der Waals surface area contributed by atoms with Crippen molar-refractivity contribution in [2.24, 2.45) is 12.8 Å². The highest BCUT2D eigenvalue weighted by Crippen LogP contribution is 2.33. The Morgan fingerprint density at radius 1 is 1.32 bits per heavy atom. The highest BCUT2D eigenvalue weighted by molar-refractivity contribution is 5.65. The van der Waals surface area contributed by atoms with E-state index < -0.39 is 11.7 Å². The number of rotatable bonds is 2. The average molecular weight is 269 g/mol. The number of aryl methyl sites for hydroxylation is 1. The van der Waals surface area contributed by atoms with Crippen LogP contribution in [0.25, 0.3) is 11.3 Å². The van der Waals surface area contributed by atoms with Crippen LogP contribution in [0.3, 0.4) is 0 Å². The van der Waals surface area contributed by atoms with Gasteiger partial charge < -0.3 is 5.73 Å². The van der Waals surface area contributed by atoms with Gasteiger partial charge in [-0.05, 0) is 19.1 Å². The molecule has 0 spiro atoms. The van der Waals surface area contributed by atoms with Crippen molar-refractivity contribution in [3.63, 3.8) is 0 Å². The number of hydrogen-bond acceptors (Lipinski definition) is 2. The highest BCUT2D eigenvalue weighted by atomic mass is 19.4. The third-order valence-electron chi connectivity index (χ3n) is 2.92. The van der Waals surface area contributed by atoms with E-state index in [-0.39, 0.29) is 6.04 Å². The van der Waals surface area contributed by atoms with Gasteiger partial charge in [-0.15, -0.1) is 0 Å². The van der Waals surface area contributed by atoms with Crippen LogP contribution in [0.5, 0.6) is 0 Å². The summed E-state index contributed by atoms with van der Waals surface area (Å²) < 4.78 is 39.7. The van der Waals surface area contributed by atoms with Crippen molar-refractivity contribution in [3.8, 4) is 11.3 Å². The molecule has 0 aliphatic rings. The highest BCUT2D eigenvalue weighted by Gasteiger charge is 2.30. The fraction of sp³-hybridized carbons (Fsp3) is 0.308. The van der Waals surface area contributed by atoms with E-state index in [1.165, 1.54) is 10.7 Å². The largest absolute Gasteiger partial charge is 0.416 e. The summed E-state index contributed by atoms with van der Waals surface area (Å²) in [6, 6.07) is 4.88. The Morgan fingerprint density at radius 3 is 2.58 bits per heavy atom. The summed E-state index contributed by atoms with van der Waals surface area (Å²) >= 11 is 0. The molecule has 0 aliphatic heterocycles. The van der Waals surface area contributed by atoms with Crippen molar-refractivity contribution in [2.75, 3.05) is 0 Å². The van der Waals surface area contributed by atoms with Crippen molar-refractivity contribution in [1.82, 2.24) is 9.78 Å². The van der Waals surface area contributed by atoms with Gasteiger partial charge in [-0.2, -0.15) is 18.3 Å². The average Bonchev–Trinajstić information content (AvgIpc) is 2.70. The topological polar surface area (TPSA) is 43.8 Å². The predicted octanol–water partition coefficient (Wildman–Crippen LogP) is 3.13. The third-order valence-corrected chi connectivity index (χ3v) is 2.92. The Bertz CT molecular complexity index is 585. The Balaban J connectivity index is 2.57. The zero-order chi connectivity index (χ0) is 14.2. The first-order valence-corrected chi connectivity index (χ1v) is 5.76. The van der Waals surface area contributed by atoms with Gasteiger partial charge in [0.05, 0.1) is 17.5 Å². The van der Waals surface area contributed by atoms with Crippen LogP contribution >= 0.6 is 0 Å². The number of hydrogen-bond donors (Lipinski definition) is 1. The quantitative estimate of drug-likeness (QED) is 0.910. The summed E-state index contributed by atoms with van der Waals surface area (Å²) in [5.41, 5.74) is 6.93. The summed E-state index contributed by atoms with van der Waals surface area (Å²) in [6.45, 7) is 1.77. The van der Waals surface area contributed by atoms with Gasteiger partial charge in [-0.25, -0.2) is 0 Å². The molecule has 1 heterocycles. The minimum atomic E-state index is -4.36. The molecule has 2 N–H and O–H groups in total. The molecule has 2 rings (SSSR count). The van der Waals surface area contributed by atoms with E-state index in [1.807, 2.05) is 0 Å². The van der Waals surface area contributed by atoms with Crippen molar-refractivity contribution < 1.29 is 13.2 Å². The number of benzene rings is 1. The zero-order valence-electron chi connectivity index (χ0n) is 10.6. The van der Waals surface area contributed by atoms with Crippen molar-refractivity contribution >= 4 is 0 Å². The van der Waals surface area contributed by atoms with Gasteiger partial charge in [-0.3, -0.25) is 4.68 Å². The van der Waals surface area contributed by atoms with E-state index >= 15 is 0 Å². The minimum Gasteiger partial charge on any atom is -0.324 e. The lowest BCUT2D eigenvalue weighted by Gasteiger charge is -2.12. The molecule has 0 radical (unpaired) electrons. The molecule has 3 nitrogen and oxygen atoms in total. The van der Waals surface area contributed by atoms with Crippen LogP contribution in [0.2, 0.25) is 0 Å². The van der Waals surface area contributed by atoms with Gasteiger partial charge >= 0.3 is 6.18 Å². The second-order valence-electron chi connectivity index (χ2n) is 4.44. The predicted molar refractivity (Wildman–Crippen MR) is 66.2 cm³/mol. The molecule has 6 heteroatoms. The number of aromatic nitrogens is 2. The zero-order valence-corrected chi connectivity index (χ0v) is 10.6. The molecule has 1 atom stereocenters. The van der Waals surface area contributed by atoms with Gasteiger partial charge in [0.25, 0.3) is 0 Å². The van der Waals surface area contributed by atoms with Gasteiger partial charge in [0.2, 0.25) is 0 Å². The van der Waals surface area contributed by atoms with Crippen LogP contribution in [-0.4, -0.2) is 9.78 Å². The molecule has 0 amide bonds. The maximum Gasteiger partial charge on any atom is 0.416 e. The fourth-order valence-corrected chi connectivity index (χ4v) is 1.98. The van der Waals surface area contributed by atoms with E-state index in [9.17, 15) is 13.2 Å². The minimum absolute atomic E-state index is 0.293. The summed E-state index contributed by atoms with van der Waals surface area (Å²) in [7, 11) is 1.68. The number of halogens is 3. The van der Waals surface area contributed by atoms with E-state index in [2.05, 4.69) is 5.10 Å². The summed E-state index contributed by atoms with van der Waals surface area (Å²) in [5.74, 6) is 0. The van der Waals surface area contributed by atoms with Crippen LogP contribution in [0.15, 0.2) is 30.5 Å². The summed E-state index contributed by atoms with van der Waals surface area (Å²) in [5, 5.41) is 4.06. The normalized spacial score (nSPS) is 13.6. The molecule has 102 valence electrons. The first-order valence-electron chi connectivity index (χ1n) is 5.76. The molecule has 0 fully saturated rings. The van der Waals surface area contributed by atoms with Gasteiger partial charge in [-0.1, -0.05) is 12.1 Å². The summed E-state index contributed by atoms with van der Waals surface area (Å²) in [6.07, 6.45) is -2.77. The van der Waals surface area contributed by atoms with E-state index in [0.717, 1.165) is 17.7 Å². The van der Waals surface area contributed by atoms with E-state index in [4.69, 9.17) is 5.73 Å². The molecule has 1 unspecified atom stereocenters. The smallest absolute Gasteiger partial charge is 0.324 e.